The van der Waals surface area contributed by atoms with Gasteiger partial charge in [-0.3, -0.25) is 4.79 Å². The Morgan fingerprint density at radius 1 is 1.12 bits per heavy atom. The van der Waals surface area contributed by atoms with E-state index in [1.807, 2.05) is 0 Å². The van der Waals surface area contributed by atoms with Crippen molar-refractivity contribution in [2.75, 3.05) is 0 Å². The largest absolute Gasteiger partial charge is 0.494 e. The molecule has 0 unspecified atom stereocenters. The average molecular weight is 372 g/mol. The molecule has 2 atom stereocenters. The SMILES string of the molecule is O=C1C[C@@H]2CC[C@H]1c1c2c(O)n(-c2cc(C(F)(F)F)ccc2Cl)c1O. The molecule has 132 valence electrons. The number of aromatic hydroxyl groups is 2. The topological polar surface area (TPSA) is 62.5 Å². The van der Waals surface area contributed by atoms with Crippen molar-refractivity contribution in [3.05, 3.63) is 39.9 Å². The Bertz CT molecular complexity index is 904. The van der Waals surface area contributed by atoms with Crippen molar-refractivity contribution in [3.8, 4) is 17.4 Å². The van der Waals surface area contributed by atoms with Gasteiger partial charge in [0.05, 0.1) is 16.3 Å². The molecule has 25 heavy (non-hydrogen) atoms. The van der Waals surface area contributed by atoms with Crippen LogP contribution in [0.25, 0.3) is 5.69 Å². The van der Waals surface area contributed by atoms with Gasteiger partial charge in [-0.15, -0.1) is 0 Å². The number of hydrogen-bond acceptors (Lipinski definition) is 3. The van der Waals surface area contributed by atoms with Crippen LogP contribution in [0.3, 0.4) is 0 Å². The molecule has 1 fully saturated rings. The van der Waals surface area contributed by atoms with E-state index in [1.165, 1.54) is 0 Å². The molecule has 3 aliphatic rings. The second-order valence-electron chi connectivity index (χ2n) is 6.47. The molecular formula is C17H13ClF3NO3. The van der Waals surface area contributed by atoms with E-state index in [4.69, 9.17) is 11.6 Å². The smallest absolute Gasteiger partial charge is 0.416 e. The molecule has 5 rings (SSSR count). The van der Waals surface area contributed by atoms with Crippen LogP contribution in [0.5, 0.6) is 11.8 Å². The van der Waals surface area contributed by atoms with Gasteiger partial charge in [-0.2, -0.15) is 13.2 Å². The Hall–Kier alpha value is -2.15. The highest BCUT2D eigenvalue weighted by molar-refractivity contribution is 6.32. The number of Topliss-reactive ketones (excluding diaryl/α,β-unsaturated/α-hetero) is 1. The molecule has 0 radical (unpaired) electrons. The van der Waals surface area contributed by atoms with Gasteiger partial charge >= 0.3 is 6.18 Å². The Kier molecular flexibility index (Phi) is 3.38. The summed E-state index contributed by atoms with van der Waals surface area (Å²) < 4.78 is 39.9. The van der Waals surface area contributed by atoms with Crippen molar-refractivity contribution in [3.63, 3.8) is 0 Å². The molecule has 4 nitrogen and oxygen atoms in total. The first-order chi connectivity index (χ1) is 11.7. The minimum Gasteiger partial charge on any atom is -0.494 e. The van der Waals surface area contributed by atoms with Crippen LogP contribution >= 0.6 is 11.6 Å². The van der Waals surface area contributed by atoms with E-state index in [9.17, 15) is 28.2 Å². The molecule has 0 amide bonds. The van der Waals surface area contributed by atoms with Crippen LogP contribution in [-0.4, -0.2) is 20.6 Å². The molecule has 0 spiro atoms. The number of fused-ring (bicyclic) bond motifs is 2. The zero-order chi connectivity index (χ0) is 18.1. The summed E-state index contributed by atoms with van der Waals surface area (Å²) >= 11 is 6.03. The highest BCUT2D eigenvalue weighted by atomic mass is 35.5. The summed E-state index contributed by atoms with van der Waals surface area (Å²) in [7, 11) is 0. The minimum atomic E-state index is -4.59. The van der Waals surface area contributed by atoms with Crippen LogP contribution in [0.1, 0.15) is 47.8 Å². The van der Waals surface area contributed by atoms with Crippen LogP contribution < -0.4 is 0 Å². The first-order valence-corrected chi connectivity index (χ1v) is 8.14. The van der Waals surface area contributed by atoms with Gasteiger partial charge < -0.3 is 10.2 Å². The Morgan fingerprint density at radius 2 is 1.80 bits per heavy atom. The van der Waals surface area contributed by atoms with Crippen molar-refractivity contribution in [1.29, 1.82) is 0 Å². The number of hydrogen-bond donors (Lipinski definition) is 2. The van der Waals surface area contributed by atoms with Crippen LogP contribution in [0.15, 0.2) is 18.2 Å². The number of benzene rings is 1. The number of alkyl halides is 3. The lowest BCUT2D eigenvalue weighted by molar-refractivity contribution is -0.137. The first-order valence-electron chi connectivity index (χ1n) is 7.76. The van der Waals surface area contributed by atoms with E-state index < -0.39 is 23.5 Å². The summed E-state index contributed by atoms with van der Waals surface area (Å²) in [5.41, 5.74) is -0.357. The van der Waals surface area contributed by atoms with E-state index >= 15 is 0 Å². The molecule has 0 aliphatic heterocycles. The fraction of sp³-hybridized carbons (Fsp3) is 0.353. The number of ketones is 1. The molecule has 1 heterocycles. The number of halogens is 4. The highest BCUT2D eigenvalue weighted by Gasteiger charge is 2.45. The van der Waals surface area contributed by atoms with Crippen molar-refractivity contribution in [2.45, 2.75) is 37.3 Å². The van der Waals surface area contributed by atoms with E-state index in [-0.39, 0.29) is 34.7 Å². The maximum absolute atomic E-state index is 13.0. The summed E-state index contributed by atoms with van der Waals surface area (Å²) in [6.07, 6.45) is -3.07. The number of carbonyl (C=O) groups excluding carboxylic acids is 1. The number of carbonyl (C=O) groups is 1. The van der Waals surface area contributed by atoms with Gasteiger partial charge in [0, 0.05) is 23.5 Å². The van der Waals surface area contributed by atoms with Gasteiger partial charge in [0.25, 0.3) is 0 Å². The lowest BCUT2D eigenvalue weighted by Gasteiger charge is -2.34. The van der Waals surface area contributed by atoms with E-state index in [0.29, 0.717) is 24.0 Å². The molecule has 2 N–H and O–H groups in total. The van der Waals surface area contributed by atoms with Gasteiger partial charge in [0.15, 0.2) is 0 Å². The minimum absolute atomic E-state index is 0.0219. The van der Waals surface area contributed by atoms with Crippen LogP contribution in [0.4, 0.5) is 13.2 Å². The third-order valence-electron chi connectivity index (χ3n) is 5.11. The van der Waals surface area contributed by atoms with Gasteiger partial charge in [-0.25, -0.2) is 4.57 Å². The van der Waals surface area contributed by atoms with E-state index in [2.05, 4.69) is 0 Å². The quantitative estimate of drug-likeness (QED) is 0.776. The molecule has 1 aromatic heterocycles. The summed E-state index contributed by atoms with van der Waals surface area (Å²) in [5.74, 6) is -1.56. The molecule has 2 bridgehead atoms. The van der Waals surface area contributed by atoms with Crippen LogP contribution in [0, 0.1) is 0 Å². The summed E-state index contributed by atoms with van der Waals surface area (Å²) in [5, 5.41) is 21.1. The van der Waals surface area contributed by atoms with Crippen LogP contribution in [0.2, 0.25) is 5.02 Å². The normalized spacial score (nSPS) is 22.3. The number of aromatic nitrogens is 1. The van der Waals surface area contributed by atoms with Crippen LogP contribution in [-0.2, 0) is 11.0 Å². The van der Waals surface area contributed by atoms with Crippen molar-refractivity contribution >= 4 is 17.4 Å². The van der Waals surface area contributed by atoms with Gasteiger partial charge in [0.2, 0.25) is 11.8 Å². The molecule has 3 aliphatic carbocycles. The Morgan fingerprint density at radius 3 is 2.44 bits per heavy atom. The first kappa shape index (κ1) is 16.3. The molecule has 1 aromatic carbocycles. The lowest BCUT2D eigenvalue weighted by Crippen LogP contribution is -2.28. The predicted octanol–water partition coefficient (Wildman–Crippen LogP) is 4.49. The Labute approximate surface area is 145 Å². The Balaban J connectivity index is 1.96. The van der Waals surface area contributed by atoms with Gasteiger partial charge in [0.1, 0.15) is 5.78 Å². The number of rotatable bonds is 1. The second kappa shape index (κ2) is 5.17. The maximum atomic E-state index is 13.0. The van der Waals surface area contributed by atoms with Gasteiger partial charge in [-0.1, -0.05) is 11.6 Å². The van der Waals surface area contributed by atoms with Crippen molar-refractivity contribution < 1.29 is 28.2 Å². The third kappa shape index (κ3) is 2.25. The summed E-state index contributed by atoms with van der Waals surface area (Å²) in [4.78, 5) is 12.1. The average Bonchev–Trinajstić information content (AvgIpc) is 2.81. The third-order valence-corrected chi connectivity index (χ3v) is 5.43. The fourth-order valence-corrected chi connectivity index (χ4v) is 4.19. The van der Waals surface area contributed by atoms with Crippen molar-refractivity contribution in [1.82, 2.24) is 4.57 Å². The molecule has 0 saturated heterocycles. The zero-order valence-electron chi connectivity index (χ0n) is 12.8. The predicted molar refractivity (Wildman–Crippen MR) is 83.5 cm³/mol. The fourth-order valence-electron chi connectivity index (χ4n) is 3.98. The van der Waals surface area contributed by atoms with Gasteiger partial charge in [-0.05, 0) is 37.0 Å². The molecule has 2 aromatic rings. The molecule has 8 heteroatoms. The lowest BCUT2D eigenvalue weighted by atomic mass is 9.67. The number of nitrogens with zero attached hydrogens (tertiary/aromatic N) is 1. The summed E-state index contributed by atoms with van der Waals surface area (Å²) in [6, 6.07) is 2.67. The second-order valence-corrected chi connectivity index (χ2v) is 6.88. The van der Waals surface area contributed by atoms with Crippen molar-refractivity contribution in [2.24, 2.45) is 0 Å². The van der Waals surface area contributed by atoms with E-state index in [1.54, 1.807) is 0 Å². The zero-order valence-corrected chi connectivity index (χ0v) is 13.5. The van der Waals surface area contributed by atoms with E-state index in [0.717, 1.165) is 22.8 Å². The monoisotopic (exact) mass is 371 g/mol. The molecular weight excluding hydrogens is 359 g/mol. The highest BCUT2D eigenvalue weighted by Crippen LogP contribution is 2.56. The maximum Gasteiger partial charge on any atom is 0.416 e. The standard InChI is InChI=1S/C17H13ClF3NO3/c18-10-4-2-8(17(19,20)21)6-11(10)22-15(24)13-7-1-3-9(12(23)5-7)14(13)16(22)25/h2,4,6-7,9,24-25H,1,3,5H2/t7-,9+/m0/s1. The summed E-state index contributed by atoms with van der Waals surface area (Å²) in [6.45, 7) is 0. The molecule has 1 saturated carbocycles.